The zero-order chi connectivity index (χ0) is 13.2. The second-order valence-electron chi connectivity index (χ2n) is 4.75. The summed E-state index contributed by atoms with van der Waals surface area (Å²) >= 11 is 1.60. The zero-order valence-corrected chi connectivity index (χ0v) is 11.3. The highest BCUT2D eigenvalue weighted by Crippen LogP contribution is 2.44. The Hall–Kier alpha value is -1.43. The van der Waals surface area contributed by atoms with E-state index in [1.165, 1.54) is 18.9 Å². The van der Waals surface area contributed by atoms with Crippen molar-refractivity contribution < 1.29 is 14.4 Å². The van der Waals surface area contributed by atoms with Gasteiger partial charge in [-0.25, -0.2) is 0 Å². The molecular weight excluding hydrogens is 266 g/mol. The van der Waals surface area contributed by atoms with E-state index in [1.807, 2.05) is 0 Å². The summed E-state index contributed by atoms with van der Waals surface area (Å²) < 4.78 is 10.9. The molecule has 6 heteroatoms. The van der Waals surface area contributed by atoms with Crippen molar-refractivity contribution in [3.8, 4) is 11.5 Å². The van der Waals surface area contributed by atoms with E-state index in [1.54, 1.807) is 17.8 Å². The fraction of sp³-hybridized carbons (Fsp3) is 0.538. The molecule has 3 rings (SSSR count). The van der Waals surface area contributed by atoms with Crippen LogP contribution in [0.5, 0.6) is 11.5 Å². The van der Waals surface area contributed by atoms with Gasteiger partial charge in [-0.05, 0) is 12.8 Å². The largest absolute Gasteiger partial charge is 0.486 e. The number of thioether (sulfide) groups is 1. The third-order valence-corrected chi connectivity index (χ3v) is 4.80. The fourth-order valence-corrected chi connectivity index (χ4v) is 3.84. The number of benzene rings is 1. The van der Waals surface area contributed by atoms with Crippen molar-refractivity contribution in [2.75, 3.05) is 13.2 Å². The molecule has 0 spiro atoms. The maximum Gasteiger partial charge on any atom is 0.286 e. The van der Waals surface area contributed by atoms with Gasteiger partial charge in [0.1, 0.15) is 13.2 Å². The van der Waals surface area contributed by atoms with Crippen molar-refractivity contribution in [2.45, 2.75) is 35.8 Å². The number of nitro benzene ring substituents is 1. The van der Waals surface area contributed by atoms with Crippen molar-refractivity contribution in [1.82, 2.24) is 0 Å². The highest BCUT2D eigenvalue weighted by atomic mass is 32.2. The van der Waals surface area contributed by atoms with Crippen LogP contribution in [0, 0.1) is 10.1 Å². The Morgan fingerprint density at radius 2 is 1.79 bits per heavy atom. The van der Waals surface area contributed by atoms with Gasteiger partial charge in [0.25, 0.3) is 5.69 Å². The molecule has 1 aromatic rings. The molecule has 0 saturated heterocycles. The molecule has 1 saturated carbocycles. The second kappa shape index (κ2) is 5.28. The lowest BCUT2D eigenvalue weighted by Crippen LogP contribution is -2.15. The van der Waals surface area contributed by atoms with Gasteiger partial charge in [0.2, 0.25) is 0 Å². The van der Waals surface area contributed by atoms with Crippen molar-refractivity contribution in [2.24, 2.45) is 0 Å². The van der Waals surface area contributed by atoms with Crippen LogP contribution < -0.4 is 9.47 Å². The summed E-state index contributed by atoms with van der Waals surface area (Å²) in [6.45, 7) is 0.942. The molecule has 1 aliphatic carbocycles. The number of rotatable bonds is 3. The number of nitro groups is 1. The van der Waals surface area contributed by atoms with E-state index >= 15 is 0 Å². The first-order valence-corrected chi connectivity index (χ1v) is 7.37. The van der Waals surface area contributed by atoms with Gasteiger partial charge in [-0.15, -0.1) is 11.8 Å². The average Bonchev–Trinajstić information content (AvgIpc) is 2.90. The minimum Gasteiger partial charge on any atom is -0.486 e. The molecule has 1 heterocycles. The Bertz CT molecular complexity index is 500. The van der Waals surface area contributed by atoms with Crippen LogP contribution in [0.25, 0.3) is 0 Å². The first-order chi connectivity index (χ1) is 9.24. The summed E-state index contributed by atoms with van der Waals surface area (Å²) in [7, 11) is 0. The quantitative estimate of drug-likeness (QED) is 0.627. The normalized spacial score (nSPS) is 18.5. The van der Waals surface area contributed by atoms with Crippen LogP contribution in [0.15, 0.2) is 17.0 Å². The third-order valence-electron chi connectivity index (χ3n) is 3.42. The number of ether oxygens (including phenoxy) is 2. The zero-order valence-electron chi connectivity index (χ0n) is 10.5. The van der Waals surface area contributed by atoms with Gasteiger partial charge in [0.15, 0.2) is 11.5 Å². The van der Waals surface area contributed by atoms with Crippen LogP contribution >= 0.6 is 11.8 Å². The topological polar surface area (TPSA) is 61.6 Å². The van der Waals surface area contributed by atoms with E-state index in [0.717, 1.165) is 12.8 Å². The van der Waals surface area contributed by atoms with Crippen LogP contribution in [-0.2, 0) is 0 Å². The summed E-state index contributed by atoms with van der Waals surface area (Å²) in [6.07, 6.45) is 4.71. The van der Waals surface area contributed by atoms with Crippen molar-refractivity contribution in [3.05, 3.63) is 22.2 Å². The molecule has 0 aromatic heterocycles. The van der Waals surface area contributed by atoms with Gasteiger partial charge >= 0.3 is 0 Å². The molecule has 1 fully saturated rings. The van der Waals surface area contributed by atoms with Crippen LogP contribution in [0.1, 0.15) is 25.7 Å². The lowest BCUT2D eigenvalue weighted by Gasteiger charge is -2.19. The van der Waals surface area contributed by atoms with Crippen molar-refractivity contribution >= 4 is 17.4 Å². The third kappa shape index (κ3) is 2.63. The Morgan fingerprint density at radius 1 is 1.16 bits per heavy atom. The molecular formula is C13H15NO4S. The first kappa shape index (κ1) is 12.6. The maximum atomic E-state index is 11.2. The van der Waals surface area contributed by atoms with E-state index in [-0.39, 0.29) is 10.6 Å². The molecule has 19 heavy (non-hydrogen) atoms. The maximum absolute atomic E-state index is 11.2. The predicted molar refractivity (Wildman–Crippen MR) is 72.2 cm³/mol. The van der Waals surface area contributed by atoms with Crippen LogP contribution in [0.2, 0.25) is 0 Å². The van der Waals surface area contributed by atoms with E-state index in [0.29, 0.717) is 34.9 Å². The highest BCUT2D eigenvalue weighted by Gasteiger charge is 2.26. The molecule has 0 radical (unpaired) electrons. The van der Waals surface area contributed by atoms with E-state index in [2.05, 4.69) is 0 Å². The van der Waals surface area contributed by atoms with Crippen molar-refractivity contribution in [3.63, 3.8) is 0 Å². The SMILES string of the molecule is O=[N+]([O-])c1cc2c(cc1SC1CCCC1)OCCO2. The smallest absolute Gasteiger partial charge is 0.286 e. The summed E-state index contributed by atoms with van der Waals surface area (Å²) in [5, 5.41) is 11.7. The average molecular weight is 281 g/mol. The van der Waals surface area contributed by atoms with Crippen molar-refractivity contribution in [1.29, 1.82) is 0 Å². The summed E-state index contributed by atoms with van der Waals surface area (Å²) in [4.78, 5) is 11.5. The summed E-state index contributed by atoms with van der Waals surface area (Å²) in [6, 6.07) is 3.25. The van der Waals surface area contributed by atoms with E-state index < -0.39 is 0 Å². The van der Waals surface area contributed by atoms with Crippen LogP contribution in [0.3, 0.4) is 0 Å². The predicted octanol–water partition coefficient (Wildman–Crippen LogP) is 3.40. The van der Waals surface area contributed by atoms with Gasteiger partial charge in [-0.2, -0.15) is 0 Å². The van der Waals surface area contributed by atoms with Gasteiger partial charge in [-0.1, -0.05) is 12.8 Å². The second-order valence-corrected chi connectivity index (χ2v) is 6.09. The highest BCUT2D eigenvalue weighted by molar-refractivity contribution is 8.00. The molecule has 0 atom stereocenters. The molecule has 5 nitrogen and oxygen atoms in total. The van der Waals surface area contributed by atoms with Crippen LogP contribution in [0.4, 0.5) is 5.69 Å². The number of nitrogens with zero attached hydrogens (tertiary/aromatic N) is 1. The fourth-order valence-electron chi connectivity index (χ4n) is 2.48. The summed E-state index contributed by atoms with van der Waals surface area (Å²) in [5.74, 6) is 1.10. The lowest BCUT2D eigenvalue weighted by atomic mass is 10.2. The monoisotopic (exact) mass is 281 g/mol. The molecule has 0 amide bonds. The minimum absolute atomic E-state index is 0.126. The molecule has 0 N–H and O–H groups in total. The Morgan fingerprint density at radius 3 is 2.42 bits per heavy atom. The summed E-state index contributed by atoms with van der Waals surface area (Å²) in [5.41, 5.74) is 0.126. The molecule has 102 valence electrons. The molecule has 0 bridgehead atoms. The van der Waals surface area contributed by atoms with Crippen LogP contribution in [-0.4, -0.2) is 23.4 Å². The Balaban J connectivity index is 1.93. The molecule has 1 aliphatic heterocycles. The molecule has 1 aromatic carbocycles. The number of hydrogen-bond acceptors (Lipinski definition) is 5. The van der Waals surface area contributed by atoms with Gasteiger partial charge in [-0.3, -0.25) is 10.1 Å². The number of hydrogen-bond donors (Lipinski definition) is 0. The van der Waals surface area contributed by atoms with Gasteiger partial charge in [0, 0.05) is 11.3 Å². The number of fused-ring (bicyclic) bond motifs is 1. The molecule has 2 aliphatic rings. The Kier molecular flexibility index (Phi) is 3.50. The first-order valence-electron chi connectivity index (χ1n) is 6.49. The lowest BCUT2D eigenvalue weighted by molar-refractivity contribution is -0.387. The van der Waals surface area contributed by atoms with E-state index in [9.17, 15) is 10.1 Å². The van der Waals surface area contributed by atoms with E-state index in [4.69, 9.17) is 9.47 Å². The van der Waals surface area contributed by atoms with Gasteiger partial charge in [0.05, 0.1) is 15.9 Å². The van der Waals surface area contributed by atoms with Gasteiger partial charge < -0.3 is 9.47 Å². The standard InChI is InChI=1S/C13H15NO4S/c15-14(16)10-7-11-12(18-6-5-17-11)8-13(10)19-9-3-1-2-4-9/h7-9H,1-6H2. The minimum atomic E-state index is -0.338. The Labute approximate surface area is 115 Å². The molecule has 0 unspecified atom stereocenters.